The fourth-order valence-corrected chi connectivity index (χ4v) is 2.82. The van der Waals surface area contributed by atoms with Crippen molar-refractivity contribution in [1.29, 1.82) is 0 Å². The molecule has 1 heterocycles. The number of rotatable bonds is 4. The summed E-state index contributed by atoms with van der Waals surface area (Å²) in [7, 11) is 0. The maximum atomic E-state index is 12.1. The summed E-state index contributed by atoms with van der Waals surface area (Å²) < 4.78 is 10.3. The normalized spacial score (nSPS) is 14.5. The molecule has 0 atom stereocenters. The van der Waals surface area contributed by atoms with Gasteiger partial charge in [-0.25, -0.2) is 14.4 Å². The Balaban J connectivity index is 1.98. The van der Waals surface area contributed by atoms with Gasteiger partial charge in [0.1, 0.15) is 5.60 Å². The molecule has 0 bridgehead atoms. The Kier molecular flexibility index (Phi) is 7.84. The van der Waals surface area contributed by atoms with Crippen LogP contribution in [0.2, 0.25) is 0 Å². The van der Waals surface area contributed by atoms with E-state index in [-0.39, 0.29) is 23.8 Å². The van der Waals surface area contributed by atoms with Crippen LogP contribution in [0.15, 0.2) is 18.2 Å². The highest BCUT2D eigenvalue weighted by Crippen LogP contribution is 2.13. The van der Waals surface area contributed by atoms with E-state index in [9.17, 15) is 19.5 Å². The summed E-state index contributed by atoms with van der Waals surface area (Å²) in [5.74, 6) is 4.22. The van der Waals surface area contributed by atoms with Gasteiger partial charge in [0.2, 0.25) is 0 Å². The number of carboxylic acids is 1. The van der Waals surface area contributed by atoms with E-state index in [0.717, 1.165) is 0 Å². The van der Waals surface area contributed by atoms with Crippen molar-refractivity contribution in [3.63, 3.8) is 0 Å². The molecule has 1 saturated heterocycles. The van der Waals surface area contributed by atoms with Crippen LogP contribution in [0.25, 0.3) is 0 Å². The molecule has 2 rings (SSSR count). The molecule has 1 aromatic carbocycles. The van der Waals surface area contributed by atoms with Crippen molar-refractivity contribution in [3.05, 3.63) is 34.9 Å². The highest BCUT2D eigenvalue weighted by molar-refractivity contribution is 5.95. The number of carboxylic acid groups (broad SMARTS) is 1. The number of esters is 1. The average Bonchev–Trinajstić information content (AvgIpc) is 2.67. The van der Waals surface area contributed by atoms with Crippen molar-refractivity contribution < 1.29 is 29.0 Å². The fourth-order valence-electron chi connectivity index (χ4n) is 2.82. The molecule has 1 aliphatic rings. The monoisotopic (exact) mass is 416 g/mol. The molecule has 1 amide bonds. The second-order valence-electron chi connectivity index (χ2n) is 7.87. The van der Waals surface area contributed by atoms with E-state index in [2.05, 4.69) is 16.7 Å². The SMILES string of the molecule is CCOC(=O)c1cc(C#CCN2CCN(C(=O)OC(C)(C)C)CC2)cc(C(=O)O)c1. The highest BCUT2D eigenvalue weighted by Gasteiger charge is 2.25. The van der Waals surface area contributed by atoms with Gasteiger partial charge >= 0.3 is 18.0 Å². The first-order valence-electron chi connectivity index (χ1n) is 9.83. The number of amides is 1. The third kappa shape index (κ3) is 7.08. The van der Waals surface area contributed by atoms with Crippen LogP contribution in [0.4, 0.5) is 4.79 Å². The second-order valence-corrected chi connectivity index (χ2v) is 7.87. The number of hydrogen-bond acceptors (Lipinski definition) is 6. The van der Waals surface area contributed by atoms with Gasteiger partial charge in [0.25, 0.3) is 0 Å². The van der Waals surface area contributed by atoms with Gasteiger partial charge in [0.15, 0.2) is 0 Å². The van der Waals surface area contributed by atoms with E-state index < -0.39 is 17.5 Å². The van der Waals surface area contributed by atoms with Gasteiger partial charge < -0.3 is 19.5 Å². The van der Waals surface area contributed by atoms with Crippen LogP contribution in [0.3, 0.4) is 0 Å². The highest BCUT2D eigenvalue weighted by atomic mass is 16.6. The molecule has 0 aliphatic carbocycles. The van der Waals surface area contributed by atoms with Gasteiger partial charge in [0, 0.05) is 31.7 Å². The summed E-state index contributed by atoms with van der Waals surface area (Å²) >= 11 is 0. The lowest BCUT2D eigenvalue weighted by Gasteiger charge is -2.34. The van der Waals surface area contributed by atoms with Gasteiger partial charge in [0.05, 0.1) is 24.3 Å². The average molecular weight is 416 g/mol. The number of nitrogens with zero attached hydrogens (tertiary/aromatic N) is 2. The molecule has 1 fully saturated rings. The number of piperazine rings is 1. The zero-order valence-corrected chi connectivity index (χ0v) is 17.9. The summed E-state index contributed by atoms with van der Waals surface area (Å²) in [6.45, 7) is 10.3. The third-order valence-corrected chi connectivity index (χ3v) is 4.25. The molecule has 8 heteroatoms. The fraction of sp³-hybridized carbons (Fsp3) is 0.500. The lowest BCUT2D eigenvalue weighted by molar-refractivity contribution is 0.0155. The Labute approximate surface area is 176 Å². The topological polar surface area (TPSA) is 96.4 Å². The van der Waals surface area contributed by atoms with E-state index in [1.165, 1.54) is 18.2 Å². The molecule has 0 spiro atoms. The third-order valence-electron chi connectivity index (χ3n) is 4.25. The zero-order chi connectivity index (χ0) is 22.3. The number of carbonyl (C=O) groups is 3. The largest absolute Gasteiger partial charge is 0.478 e. The van der Waals surface area contributed by atoms with E-state index in [4.69, 9.17) is 9.47 Å². The van der Waals surface area contributed by atoms with Crippen LogP contribution in [-0.2, 0) is 9.47 Å². The summed E-state index contributed by atoms with van der Waals surface area (Å²) in [6.07, 6.45) is -0.315. The Hall–Kier alpha value is -3.05. The quantitative estimate of drug-likeness (QED) is 0.595. The number of benzene rings is 1. The standard InChI is InChI=1S/C22H28N2O6/c1-5-29-20(27)18-14-16(13-17(15-18)19(25)26)7-6-8-23-9-11-24(12-10-23)21(28)30-22(2,3)4/h13-15H,5,8-12H2,1-4H3,(H,25,26). The van der Waals surface area contributed by atoms with Gasteiger partial charge in [-0.15, -0.1) is 0 Å². The lowest BCUT2D eigenvalue weighted by Crippen LogP contribution is -2.50. The van der Waals surface area contributed by atoms with Gasteiger partial charge in [-0.05, 0) is 45.9 Å². The smallest absolute Gasteiger partial charge is 0.410 e. The molecule has 1 aromatic rings. The number of ether oxygens (including phenoxy) is 2. The van der Waals surface area contributed by atoms with Crippen molar-refractivity contribution in [2.24, 2.45) is 0 Å². The Morgan fingerprint density at radius 3 is 2.27 bits per heavy atom. The van der Waals surface area contributed by atoms with Crippen molar-refractivity contribution in [2.45, 2.75) is 33.3 Å². The van der Waals surface area contributed by atoms with Crippen LogP contribution < -0.4 is 0 Å². The Bertz CT molecular complexity index is 855. The van der Waals surface area contributed by atoms with Gasteiger partial charge in [-0.1, -0.05) is 11.8 Å². The van der Waals surface area contributed by atoms with Crippen molar-refractivity contribution in [1.82, 2.24) is 9.80 Å². The van der Waals surface area contributed by atoms with E-state index >= 15 is 0 Å². The number of aromatic carboxylic acids is 1. The van der Waals surface area contributed by atoms with Gasteiger partial charge in [-0.2, -0.15) is 0 Å². The van der Waals surface area contributed by atoms with Gasteiger partial charge in [-0.3, -0.25) is 4.90 Å². The minimum atomic E-state index is -1.14. The summed E-state index contributed by atoms with van der Waals surface area (Å²) in [5.41, 5.74) is 0.0558. The van der Waals surface area contributed by atoms with Crippen LogP contribution in [0, 0.1) is 11.8 Å². The van der Waals surface area contributed by atoms with Crippen LogP contribution >= 0.6 is 0 Å². The summed E-state index contributed by atoms with van der Waals surface area (Å²) in [6, 6.07) is 4.23. The molecule has 0 unspecified atom stereocenters. The van der Waals surface area contributed by atoms with E-state index in [1.54, 1.807) is 11.8 Å². The maximum Gasteiger partial charge on any atom is 0.410 e. The molecular weight excluding hydrogens is 388 g/mol. The van der Waals surface area contributed by atoms with Crippen molar-refractivity contribution >= 4 is 18.0 Å². The van der Waals surface area contributed by atoms with E-state index in [0.29, 0.717) is 38.3 Å². The lowest BCUT2D eigenvalue weighted by atomic mass is 10.1. The minimum absolute atomic E-state index is 0.0178. The molecule has 0 saturated carbocycles. The van der Waals surface area contributed by atoms with Crippen LogP contribution in [0.5, 0.6) is 0 Å². The molecule has 0 aromatic heterocycles. The first-order chi connectivity index (χ1) is 14.1. The maximum absolute atomic E-state index is 12.1. The summed E-state index contributed by atoms with van der Waals surface area (Å²) in [5, 5.41) is 9.26. The van der Waals surface area contributed by atoms with E-state index in [1.807, 2.05) is 20.8 Å². The molecule has 0 radical (unpaired) electrons. The summed E-state index contributed by atoms with van der Waals surface area (Å²) in [4.78, 5) is 39.2. The molecule has 1 N–H and O–H groups in total. The first-order valence-corrected chi connectivity index (χ1v) is 9.83. The minimum Gasteiger partial charge on any atom is -0.478 e. The molecule has 162 valence electrons. The number of hydrogen-bond donors (Lipinski definition) is 1. The molecule has 30 heavy (non-hydrogen) atoms. The molecular formula is C22H28N2O6. The second kappa shape index (κ2) is 10.1. The molecule has 8 nitrogen and oxygen atoms in total. The van der Waals surface area contributed by atoms with Crippen molar-refractivity contribution in [2.75, 3.05) is 39.3 Å². The predicted molar refractivity (Wildman–Crippen MR) is 110 cm³/mol. The van der Waals surface area contributed by atoms with Crippen LogP contribution in [0.1, 0.15) is 54.0 Å². The Morgan fingerprint density at radius 1 is 1.07 bits per heavy atom. The van der Waals surface area contributed by atoms with Crippen LogP contribution in [-0.4, -0.2) is 77.9 Å². The van der Waals surface area contributed by atoms with Crippen molar-refractivity contribution in [3.8, 4) is 11.8 Å². The zero-order valence-electron chi connectivity index (χ0n) is 17.9. The molecule has 1 aliphatic heterocycles. The first kappa shape index (κ1) is 23.2. The Morgan fingerprint density at radius 2 is 1.70 bits per heavy atom. The predicted octanol–water partition coefficient (Wildman–Crippen LogP) is 2.47. The number of carbonyl (C=O) groups excluding carboxylic acids is 2.